The highest BCUT2D eigenvalue weighted by atomic mass is 35.5. The minimum Gasteiger partial charge on any atom is -0.322 e. The van der Waals surface area contributed by atoms with Gasteiger partial charge in [0.25, 0.3) is 5.91 Å². The molecule has 0 heterocycles. The Morgan fingerprint density at radius 2 is 1.95 bits per heavy atom. The molecule has 0 saturated carbocycles. The number of aryl methyl sites for hydroxylation is 1. The highest BCUT2D eigenvalue weighted by Crippen LogP contribution is 2.17. The average Bonchev–Trinajstić information content (AvgIpc) is 2.53. The molecular formula is C17H18ClNOS. The van der Waals surface area contributed by atoms with Gasteiger partial charge in [0.15, 0.2) is 0 Å². The van der Waals surface area contributed by atoms with Gasteiger partial charge < -0.3 is 5.32 Å². The molecule has 0 aliphatic carbocycles. The van der Waals surface area contributed by atoms with Crippen LogP contribution >= 0.6 is 23.4 Å². The van der Waals surface area contributed by atoms with E-state index in [-0.39, 0.29) is 5.91 Å². The Bertz CT molecular complexity index is 598. The topological polar surface area (TPSA) is 29.1 Å². The van der Waals surface area contributed by atoms with Crippen LogP contribution < -0.4 is 5.32 Å². The first-order valence-electron chi connectivity index (χ1n) is 6.83. The van der Waals surface area contributed by atoms with Crippen LogP contribution in [-0.4, -0.2) is 18.0 Å². The molecule has 0 aromatic heterocycles. The van der Waals surface area contributed by atoms with Crippen molar-refractivity contribution >= 4 is 35.0 Å². The summed E-state index contributed by atoms with van der Waals surface area (Å²) in [6, 6.07) is 15.5. The number of anilines is 1. The average molecular weight is 320 g/mol. The lowest BCUT2D eigenvalue weighted by Crippen LogP contribution is -2.11. The maximum atomic E-state index is 12.2. The van der Waals surface area contributed by atoms with Gasteiger partial charge in [0.1, 0.15) is 0 Å². The van der Waals surface area contributed by atoms with E-state index in [0.717, 1.165) is 23.4 Å². The minimum atomic E-state index is -0.0860. The summed E-state index contributed by atoms with van der Waals surface area (Å²) in [6.07, 6.45) is 3.88. The monoisotopic (exact) mass is 319 g/mol. The lowest BCUT2D eigenvalue weighted by molar-refractivity contribution is 0.102. The number of halogens is 1. The molecular weight excluding hydrogens is 302 g/mol. The van der Waals surface area contributed by atoms with Gasteiger partial charge in [0.05, 0.1) is 0 Å². The maximum Gasteiger partial charge on any atom is 0.255 e. The van der Waals surface area contributed by atoms with E-state index >= 15 is 0 Å². The van der Waals surface area contributed by atoms with Crippen molar-refractivity contribution in [2.75, 3.05) is 17.5 Å². The Balaban J connectivity index is 2.04. The summed E-state index contributed by atoms with van der Waals surface area (Å²) < 4.78 is 0. The molecule has 0 saturated heterocycles. The van der Waals surface area contributed by atoms with Gasteiger partial charge in [-0.25, -0.2) is 0 Å². The van der Waals surface area contributed by atoms with Crippen LogP contribution in [0, 0.1) is 0 Å². The van der Waals surface area contributed by atoms with E-state index in [1.807, 2.05) is 48.7 Å². The van der Waals surface area contributed by atoms with Crippen LogP contribution in [0.25, 0.3) is 0 Å². The second-order valence-corrected chi connectivity index (χ2v) is 5.93. The number of thioether (sulfide) groups is 1. The van der Waals surface area contributed by atoms with Crippen LogP contribution in [-0.2, 0) is 6.42 Å². The molecule has 0 aliphatic rings. The molecule has 0 spiro atoms. The number of benzene rings is 2. The summed E-state index contributed by atoms with van der Waals surface area (Å²) in [5, 5.41) is 2.93. The Kier molecular flexibility index (Phi) is 6.15. The van der Waals surface area contributed by atoms with Crippen molar-refractivity contribution in [3.05, 3.63) is 59.7 Å². The van der Waals surface area contributed by atoms with Crippen molar-refractivity contribution in [2.45, 2.75) is 17.7 Å². The van der Waals surface area contributed by atoms with Crippen molar-refractivity contribution in [1.29, 1.82) is 0 Å². The second kappa shape index (κ2) is 8.11. The lowest BCUT2D eigenvalue weighted by atomic mass is 10.1. The Morgan fingerprint density at radius 1 is 1.19 bits per heavy atom. The van der Waals surface area contributed by atoms with Crippen molar-refractivity contribution in [3.63, 3.8) is 0 Å². The van der Waals surface area contributed by atoms with Gasteiger partial charge in [-0.05, 0) is 61.1 Å². The predicted octanol–water partition coefficient (Wildman–Crippen LogP) is 4.83. The third-order valence-corrected chi connectivity index (χ3v) is 4.15. The highest BCUT2D eigenvalue weighted by molar-refractivity contribution is 7.98. The van der Waals surface area contributed by atoms with Crippen LogP contribution in [0.1, 0.15) is 22.3 Å². The molecule has 0 fully saturated rings. The molecule has 0 bridgehead atoms. The van der Waals surface area contributed by atoms with Crippen LogP contribution in [0.4, 0.5) is 5.69 Å². The summed E-state index contributed by atoms with van der Waals surface area (Å²) >= 11 is 7.37. The van der Waals surface area contributed by atoms with Gasteiger partial charge in [-0.1, -0.05) is 12.1 Å². The van der Waals surface area contributed by atoms with E-state index < -0.39 is 0 Å². The number of hydrogen-bond donors (Lipinski definition) is 1. The van der Waals surface area contributed by atoms with E-state index in [2.05, 4.69) is 11.4 Å². The highest BCUT2D eigenvalue weighted by Gasteiger charge is 2.06. The molecule has 21 heavy (non-hydrogen) atoms. The molecule has 2 aromatic rings. The molecule has 110 valence electrons. The van der Waals surface area contributed by atoms with Crippen LogP contribution in [0.3, 0.4) is 0 Å². The zero-order valence-corrected chi connectivity index (χ0v) is 13.5. The van der Waals surface area contributed by atoms with Crippen molar-refractivity contribution in [3.8, 4) is 0 Å². The van der Waals surface area contributed by atoms with Gasteiger partial charge in [0.2, 0.25) is 0 Å². The smallest absolute Gasteiger partial charge is 0.255 e. The number of carbonyl (C=O) groups excluding carboxylic acids is 1. The molecule has 2 rings (SSSR count). The van der Waals surface area contributed by atoms with Gasteiger partial charge in [-0.3, -0.25) is 4.79 Å². The van der Waals surface area contributed by atoms with Crippen molar-refractivity contribution in [2.24, 2.45) is 0 Å². The zero-order chi connectivity index (χ0) is 15.1. The molecule has 2 nitrogen and oxygen atoms in total. The third kappa shape index (κ3) is 4.80. The van der Waals surface area contributed by atoms with E-state index in [0.29, 0.717) is 11.4 Å². The normalized spacial score (nSPS) is 10.4. The Morgan fingerprint density at radius 3 is 2.62 bits per heavy atom. The number of alkyl halides is 1. The van der Waals surface area contributed by atoms with Crippen molar-refractivity contribution in [1.82, 2.24) is 0 Å². The Labute approximate surface area is 134 Å². The fraction of sp³-hybridized carbons (Fsp3) is 0.235. The van der Waals surface area contributed by atoms with Crippen molar-refractivity contribution < 1.29 is 4.79 Å². The standard InChI is InChI=1S/C17H18ClNOS/c1-21-16-9-7-14(8-10-16)17(20)19-15-6-2-4-13(12-15)5-3-11-18/h2,4,6-10,12H,3,5,11H2,1H3,(H,19,20). The maximum absolute atomic E-state index is 12.2. The predicted molar refractivity (Wildman–Crippen MR) is 91.7 cm³/mol. The number of hydrogen-bond acceptors (Lipinski definition) is 2. The fourth-order valence-corrected chi connectivity index (χ4v) is 2.56. The third-order valence-electron chi connectivity index (χ3n) is 3.14. The first-order valence-corrected chi connectivity index (χ1v) is 8.59. The lowest BCUT2D eigenvalue weighted by Gasteiger charge is -2.08. The molecule has 0 radical (unpaired) electrons. The van der Waals surface area contributed by atoms with Gasteiger partial charge in [-0.2, -0.15) is 0 Å². The molecule has 0 aliphatic heterocycles. The second-order valence-electron chi connectivity index (χ2n) is 4.68. The zero-order valence-electron chi connectivity index (χ0n) is 11.9. The van der Waals surface area contributed by atoms with Gasteiger partial charge >= 0.3 is 0 Å². The summed E-state index contributed by atoms with van der Waals surface area (Å²) in [4.78, 5) is 13.3. The summed E-state index contributed by atoms with van der Waals surface area (Å²) in [7, 11) is 0. The summed E-state index contributed by atoms with van der Waals surface area (Å²) in [5.41, 5.74) is 2.67. The Hall–Kier alpha value is -1.45. The van der Waals surface area contributed by atoms with E-state index in [1.165, 1.54) is 5.56 Å². The quantitative estimate of drug-likeness (QED) is 0.610. The first-order chi connectivity index (χ1) is 10.2. The van der Waals surface area contributed by atoms with Crippen LogP contribution in [0.5, 0.6) is 0 Å². The SMILES string of the molecule is CSc1ccc(C(=O)Nc2cccc(CCCCl)c2)cc1. The summed E-state index contributed by atoms with van der Waals surface area (Å²) in [5.74, 6) is 0.565. The van der Waals surface area contributed by atoms with Gasteiger partial charge in [-0.15, -0.1) is 23.4 Å². The minimum absolute atomic E-state index is 0.0860. The fourth-order valence-electron chi connectivity index (χ4n) is 2.02. The molecule has 0 atom stereocenters. The summed E-state index contributed by atoms with van der Waals surface area (Å²) in [6.45, 7) is 0. The first kappa shape index (κ1) is 15.9. The molecule has 1 N–H and O–H groups in total. The number of carbonyl (C=O) groups is 1. The molecule has 4 heteroatoms. The molecule has 1 amide bonds. The van der Waals surface area contributed by atoms with E-state index in [1.54, 1.807) is 11.8 Å². The molecule has 2 aromatic carbocycles. The van der Waals surface area contributed by atoms with Crippen LogP contribution in [0.2, 0.25) is 0 Å². The number of nitrogens with one attached hydrogen (secondary N) is 1. The number of amides is 1. The molecule has 0 unspecified atom stereocenters. The van der Waals surface area contributed by atoms with Crippen LogP contribution in [0.15, 0.2) is 53.4 Å². The van der Waals surface area contributed by atoms with Gasteiger partial charge in [0, 0.05) is 22.0 Å². The largest absolute Gasteiger partial charge is 0.322 e. The van der Waals surface area contributed by atoms with E-state index in [9.17, 15) is 4.79 Å². The number of rotatable bonds is 6. The van der Waals surface area contributed by atoms with E-state index in [4.69, 9.17) is 11.6 Å².